The molecule has 0 aromatic carbocycles. The molecule has 0 spiro atoms. The molecule has 154 valence electrons. The minimum atomic E-state index is -0.712. The molecular formula is C18H25N3O7. The first-order valence-electron chi connectivity index (χ1n) is 9.17. The van der Waals surface area contributed by atoms with Gasteiger partial charge in [0.15, 0.2) is 0 Å². The number of aromatic nitrogens is 2. The van der Waals surface area contributed by atoms with Crippen LogP contribution in [0.1, 0.15) is 18.5 Å². The Labute approximate surface area is 161 Å². The molecule has 1 aliphatic heterocycles. The molecule has 0 radical (unpaired) electrons. The summed E-state index contributed by atoms with van der Waals surface area (Å²) in [5, 5.41) is 0. The Morgan fingerprint density at radius 3 is 2.39 bits per heavy atom. The highest BCUT2D eigenvalue weighted by molar-refractivity contribution is 5.91. The molecule has 2 heterocycles. The van der Waals surface area contributed by atoms with Gasteiger partial charge >= 0.3 is 17.6 Å². The number of morpholine rings is 1. The predicted molar refractivity (Wildman–Crippen MR) is 98.9 cm³/mol. The second-order valence-corrected chi connectivity index (χ2v) is 6.19. The third-order valence-electron chi connectivity index (χ3n) is 4.00. The summed E-state index contributed by atoms with van der Waals surface area (Å²) in [5.74, 6) is -1.32. The zero-order valence-corrected chi connectivity index (χ0v) is 15.6. The Balaban J connectivity index is 1.54. The third kappa shape index (κ3) is 8.78. The van der Waals surface area contributed by atoms with Crippen molar-refractivity contribution in [1.29, 1.82) is 0 Å². The van der Waals surface area contributed by atoms with Gasteiger partial charge in [-0.2, -0.15) is 0 Å². The number of carbonyl (C=O) groups is 2. The maximum Gasteiger partial charge on any atom is 0.331 e. The van der Waals surface area contributed by atoms with Gasteiger partial charge < -0.3 is 19.2 Å². The molecule has 1 fully saturated rings. The molecule has 10 heteroatoms. The molecule has 0 saturated carbocycles. The Morgan fingerprint density at radius 2 is 1.71 bits per heavy atom. The minimum Gasteiger partial charge on any atom is -0.463 e. The van der Waals surface area contributed by atoms with E-state index in [9.17, 15) is 19.2 Å². The highest BCUT2D eigenvalue weighted by Crippen LogP contribution is 2.00. The summed E-state index contributed by atoms with van der Waals surface area (Å²) >= 11 is 0. The number of hydrogen-bond donors (Lipinski definition) is 2. The van der Waals surface area contributed by atoms with Crippen LogP contribution in [-0.4, -0.2) is 72.9 Å². The number of hydrogen-bond acceptors (Lipinski definition) is 8. The standard InChI is InChI=1S/C18H25N3O7/c22-15-13-14(19-18(25)20-15)5-10-28-17(24)4-3-16(23)27-9-2-1-6-21-7-11-26-12-8-21/h3-4,13H,1-2,5-12H2,(H2,19,20,22,25)/b4-3+. The van der Waals surface area contributed by atoms with Gasteiger partial charge in [0.2, 0.25) is 0 Å². The van der Waals surface area contributed by atoms with E-state index in [1.807, 2.05) is 4.98 Å². The van der Waals surface area contributed by atoms with E-state index >= 15 is 0 Å². The maximum atomic E-state index is 11.6. The van der Waals surface area contributed by atoms with Crippen LogP contribution < -0.4 is 11.2 Å². The van der Waals surface area contributed by atoms with Crippen molar-refractivity contribution in [2.24, 2.45) is 0 Å². The fraction of sp³-hybridized carbons (Fsp3) is 0.556. The summed E-state index contributed by atoms with van der Waals surface area (Å²) in [6, 6.07) is 1.21. The number of nitrogens with one attached hydrogen (secondary N) is 2. The van der Waals surface area contributed by atoms with E-state index in [1.54, 1.807) is 0 Å². The summed E-state index contributed by atoms with van der Waals surface area (Å²) in [6.07, 6.45) is 3.83. The molecule has 0 unspecified atom stereocenters. The smallest absolute Gasteiger partial charge is 0.331 e. The average molecular weight is 395 g/mol. The van der Waals surface area contributed by atoms with Gasteiger partial charge in [0.1, 0.15) is 0 Å². The molecular weight excluding hydrogens is 370 g/mol. The van der Waals surface area contributed by atoms with Crippen LogP contribution in [-0.2, 0) is 30.2 Å². The summed E-state index contributed by atoms with van der Waals surface area (Å²) in [7, 11) is 0. The molecule has 2 rings (SSSR count). The molecule has 0 amide bonds. The first-order valence-corrected chi connectivity index (χ1v) is 9.17. The number of nitrogens with zero attached hydrogens (tertiary/aromatic N) is 1. The summed E-state index contributed by atoms with van der Waals surface area (Å²) in [6.45, 7) is 4.58. The first-order chi connectivity index (χ1) is 13.5. The first kappa shape index (κ1) is 21.6. The van der Waals surface area contributed by atoms with E-state index in [1.165, 1.54) is 6.07 Å². The van der Waals surface area contributed by atoms with Gasteiger partial charge in [-0.3, -0.25) is 14.7 Å². The van der Waals surface area contributed by atoms with Crippen LogP contribution in [0.2, 0.25) is 0 Å². The van der Waals surface area contributed by atoms with E-state index < -0.39 is 23.2 Å². The second kappa shape index (κ2) is 11.9. The van der Waals surface area contributed by atoms with Gasteiger partial charge in [-0.05, 0) is 19.4 Å². The highest BCUT2D eigenvalue weighted by Gasteiger charge is 2.09. The molecule has 1 saturated heterocycles. The highest BCUT2D eigenvalue weighted by atomic mass is 16.5. The van der Waals surface area contributed by atoms with Crippen molar-refractivity contribution in [3.63, 3.8) is 0 Å². The molecule has 10 nitrogen and oxygen atoms in total. The van der Waals surface area contributed by atoms with Crippen LogP contribution in [0.25, 0.3) is 0 Å². The van der Waals surface area contributed by atoms with Crippen LogP contribution in [0.5, 0.6) is 0 Å². The normalized spacial score (nSPS) is 14.9. The molecule has 0 atom stereocenters. The van der Waals surface area contributed by atoms with E-state index in [2.05, 4.69) is 9.88 Å². The molecule has 28 heavy (non-hydrogen) atoms. The van der Waals surface area contributed by atoms with E-state index in [4.69, 9.17) is 14.2 Å². The number of H-pyrrole nitrogens is 2. The van der Waals surface area contributed by atoms with Crippen molar-refractivity contribution in [3.8, 4) is 0 Å². The van der Waals surface area contributed by atoms with Crippen molar-refractivity contribution >= 4 is 11.9 Å². The average Bonchev–Trinajstić information content (AvgIpc) is 2.66. The van der Waals surface area contributed by atoms with Gasteiger partial charge in [0, 0.05) is 43.4 Å². The molecule has 2 N–H and O–H groups in total. The SMILES string of the molecule is O=C(/C=C/C(=O)OCCc1cc(=O)[nH]c(=O)[nH]1)OCCCCN1CCOCC1. The number of ether oxygens (including phenoxy) is 3. The fourth-order valence-electron chi connectivity index (χ4n) is 2.58. The van der Waals surface area contributed by atoms with Crippen LogP contribution >= 0.6 is 0 Å². The largest absolute Gasteiger partial charge is 0.463 e. The molecule has 1 aromatic heterocycles. The van der Waals surface area contributed by atoms with Crippen molar-refractivity contribution in [3.05, 3.63) is 44.8 Å². The van der Waals surface area contributed by atoms with E-state index in [-0.39, 0.29) is 13.0 Å². The van der Waals surface area contributed by atoms with Gasteiger partial charge in [-0.15, -0.1) is 0 Å². The zero-order chi connectivity index (χ0) is 20.2. The lowest BCUT2D eigenvalue weighted by atomic mass is 10.3. The monoisotopic (exact) mass is 395 g/mol. The summed E-state index contributed by atoms with van der Waals surface area (Å²) in [4.78, 5) is 52.1. The lowest BCUT2D eigenvalue weighted by Crippen LogP contribution is -2.36. The van der Waals surface area contributed by atoms with Crippen LogP contribution in [0.15, 0.2) is 27.8 Å². The second-order valence-electron chi connectivity index (χ2n) is 6.19. The van der Waals surface area contributed by atoms with Crippen LogP contribution in [0, 0.1) is 0 Å². The Kier molecular flexibility index (Phi) is 9.16. The fourth-order valence-corrected chi connectivity index (χ4v) is 2.58. The van der Waals surface area contributed by atoms with Gasteiger partial charge in [0.25, 0.3) is 5.56 Å². The van der Waals surface area contributed by atoms with Crippen molar-refractivity contribution < 1.29 is 23.8 Å². The van der Waals surface area contributed by atoms with Crippen molar-refractivity contribution in [2.75, 3.05) is 46.1 Å². The molecule has 0 aliphatic carbocycles. The lowest BCUT2D eigenvalue weighted by Gasteiger charge is -2.26. The van der Waals surface area contributed by atoms with Crippen molar-refractivity contribution in [1.82, 2.24) is 14.9 Å². The minimum absolute atomic E-state index is 0.0425. The number of carbonyl (C=O) groups excluding carboxylic acids is 2. The number of esters is 2. The van der Waals surface area contributed by atoms with E-state index in [0.29, 0.717) is 12.3 Å². The van der Waals surface area contributed by atoms with Crippen LogP contribution in [0.3, 0.4) is 0 Å². The maximum absolute atomic E-state index is 11.6. The Bertz CT molecular complexity index is 750. The predicted octanol–water partition coefficient (Wildman–Crippen LogP) is -0.639. The topological polar surface area (TPSA) is 131 Å². The summed E-state index contributed by atoms with van der Waals surface area (Å²) < 4.78 is 15.2. The molecule has 0 bridgehead atoms. The summed E-state index contributed by atoms with van der Waals surface area (Å²) in [5.41, 5.74) is -0.805. The molecule has 1 aliphatic rings. The lowest BCUT2D eigenvalue weighted by molar-refractivity contribution is -0.140. The number of rotatable bonds is 10. The van der Waals surface area contributed by atoms with E-state index in [0.717, 1.165) is 57.8 Å². The van der Waals surface area contributed by atoms with Gasteiger partial charge in [-0.1, -0.05) is 0 Å². The quantitative estimate of drug-likeness (QED) is 0.304. The zero-order valence-electron chi connectivity index (χ0n) is 15.6. The Morgan fingerprint density at radius 1 is 1.04 bits per heavy atom. The number of aromatic amines is 2. The molecule has 1 aromatic rings. The van der Waals surface area contributed by atoms with Gasteiger partial charge in [0.05, 0.1) is 26.4 Å². The third-order valence-corrected chi connectivity index (χ3v) is 4.00. The van der Waals surface area contributed by atoms with Crippen LogP contribution in [0.4, 0.5) is 0 Å². The number of unbranched alkanes of at least 4 members (excludes halogenated alkanes) is 1. The van der Waals surface area contributed by atoms with Crippen molar-refractivity contribution in [2.45, 2.75) is 19.3 Å². The van der Waals surface area contributed by atoms with Gasteiger partial charge in [-0.25, -0.2) is 14.4 Å². The Hall–Kier alpha value is -2.72.